The Morgan fingerprint density at radius 2 is 2.10 bits per heavy atom. The van der Waals surface area contributed by atoms with Crippen molar-refractivity contribution in [2.75, 3.05) is 6.54 Å². The van der Waals surface area contributed by atoms with Gasteiger partial charge in [0.1, 0.15) is 0 Å². The van der Waals surface area contributed by atoms with Gasteiger partial charge in [-0.1, -0.05) is 29.8 Å². The van der Waals surface area contributed by atoms with Gasteiger partial charge >= 0.3 is 5.97 Å². The number of benzene rings is 1. The molecule has 20 heavy (non-hydrogen) atoms. The molecular weight excluding hydrogens is 278 g/mol. The van der Waals surface area contributed by atoms with Gasteiger partial charge in [0, 0.05) is 24.0 Å². The first kappa shape index (κ1) is 14.9. The zero-order valence-corrected chi connectivity index (χ0v) is 12.1. The van der Waals surface area contributed by atoms with E-state index in [0.717, 1.165) is 5.56 Å². The van der Waals surface area contributed by atoms with Crippen LogP contribution in [-0.4, -0.2) is 34.5 Å². The zero-order valence-electron chi connectivity index (χ0n) is 11.4. The molecule has 1 fully saturated rings. The highest BCUT2D eigenvalue weighted by Gasteiger charge is 2.37. The van der Waals surface area contributed by atoms with E-state index in [2.05, 4.69) is 0 Å². The highest BCUT2D eigenvalue weighted by atomic mass is 35.5. The Morgan fingerprint density at radius 1 is 1.40 bits per heavy atom. The first-order chi connectivity index (χ1) is 9.50. The number of likely N-dealkylation sites (tertiary alicyclic amines) is 1. The lowest BCUT2D eigenvalue weighted by Crippen LogP contribution is -2.37. The number of hydrogen-bond acceptors (Lipinski definition) is 2. The molecule has 0 radical (unpaired) electrons. The van der Waals surface area contributed by atoms with Crippen molar-refractivity contribution in [2.24, 2.45) is 5.92 Å². The summed E-state index contributed by atoms with van der Waals surface area (Å²) in [6, 6.07) is 7.23. The number of aryl methyl sites for hydroxylation is 1. The fourth-order valence-electron chi connectivity index (χ4n) is 2.71. The molecule has 1 saturated heterocycles. The molecule has 0 saturated carbocycles. The maximum Gasteiger partial charge on any atom is 0.308 e. The van der Waals surface area contributed by atoms with Crippen molar-refractivity contribution in [1.29, 1.82) is 0 Å². The quantitative estimate of drug-likeness (QED) is 0.929. The summed E-state index contributed by atoms with van der Waals surface area (Å²) in [6.45, 7) is 2.33. The van der Waals surface area contributed by atoms with Crippen LogP contribution in [0.25, 0.3) is 0 Å². The maximum absolute atomic E-state index is 12.2. The van der Waals surface area contributed by atoms with Gasteiger partial charge in [0.05, 0.1) is 5.92 Å². The molecule has 5 heteroatoms. The van der Waals surface area contributed by atoms with Gasteiger partial charge < -0.3 is 10.0 Å². The molecule has 1 aliphatic heterocycles. The minimum absolute atomic E-state index is 0.00108. The Labute approximate surface area is 123 Å². The van der Waals surface area contributed by atoms with E-state index in [1.54, 1.807) is 17.9 Å². The average molecular weight is 296 g/mol. The molecule has 108 valence electrons. The molecule has 4 nitrogen and oxygen atoms in total. The van der Waals surface area contributed by atoms with Crippen LogP contribution < -0.4 is 0 Å². The molecule has 1 heterocycles. The van der Waals surface area contributed by atoms with Crippen molar-refractivity contribution in [1.82, 2.24) is 4.90 Å². The molecule has 1 amide bonds. The Bertz CT molecular complexity index is 518. The second-order valence-electron chi connectivity index (χ2n) is 5.15. The summed E-state index contributed by atoms with van der Waals surface area (Å²) >= 11 is 6.06. The lowest BCUT2D eigenvalue weighted by atomic mass is 10.0. The van der Waals surface area contributed by atoms with E-state index in [9.17, 15) is 9.59 Å². The van der Waals surface area contributed by atoms with Gasteiger partial charge in [-0.25, -0.2) is 0 Å². The summed E-state index contributed by atoms with van der Waals surface area (Å²) in [5.74, 6) is -1.26. The number of nitrogens with zero attached hydrogens (tertiary/aromatic N) is 1. The largest absolute Gasteiger partial charge is 0.481 e. The monoisotopic (exact) mass is 295 g/mol. The topological polar surface area (TPSA) is 57.6 Å². The lowest BCUT2D eigenvalue weighted by Gasteiger charge is -2.23. The van der Waals surface area contributed by atoms with Crippen LogP contribution in [0, 0.1) is 5.92 Å². The van der Waals surface area contributed by atoms with Crippen molar-refractivity contribution < 1.29 is 14.7 Å². The van der Waals surface area contributed by atoms with E-state index in [4.69, 9.17) is 16.7 Å². The Morgan fingerprint density at radius 3 is 2.70 bits per heavy atom. The van der Waals surface area contributed by atoms with Gasteiger partial charge in [-0.05, 0) is 31.4 Å². The van der Waals surface area contributed by atoms with E-state index in [0.29, 0.717) is 30.8 Å². The van der Waals surface area contributed by atoms with E-state index in [1.807, 2.05) is 18.2 Å². The Hall–Kier alpha value is -1.55. The summed E-state index contributed by atoms with van der Waals surface area (Å²) < 4.78 is 0. The summed E-state index contributed by atoms with van der Waals surface area (Å²) in [5, 5.41) is 9.74. The molecule has 0 aromatic heterocycles. The third kappa shape index (κ3) is 3.12. The van der Waals surface area contributed by atoms with Gasteiger partial charge in [0.15, 0.2) is 0 Å². The molecular formula is C15H18ClNO3. The number of aliphatic carboxylic acids is 1. The number of rotatable bonds is 4. The Kier molecular flexibility index (Phi) is 4.65. The standard InChI is InChI=1S/C15H18ClNO3/c1-10-12(15(19)20)8-9-17(10)14(18)7-6-11-4-2-3-5-13(11)16/h2-5,10,12H,6-9H2,1H3,(H,19,20). The highest BCUT2D eigenvalue weighted by molar-refractivity contribution is 6.31. The van der Waals surface area contributed by atoms with E-state index in [-0.39, 0.29) is 11.9 Å². The molecule has 1 aromatic rings. The summed E-state index contributed by atoms with van der Waals surface area (Å²) in [4.78, 5) is 24.9. The second-order valence-corrected chi connectivity index (χ2v) is 5.56. The van der Waals surface area contributed by atoms with Crippen molar-refractivity contribution in [3.8, 4) is 0 Å². The minimum Gasteiger partial charge on any atom is -0.481 e. The van der Waals surface area contributed by atoms with Crippen molar-refractivity contribution in [3.05, 3.63) is 34.9 Å². The molecule has 1 aromatic carbocycles. The molecule has 2 rings (SSSR count). The van der Waals surface area contributed by atoms with Gasteiger partial charge in [-0.2, -0.15) is 0 Å². The average Bonchev–Trinajstić information content (AvgIpc) is 2.79. The van der Waals surface area contributed by atoms with Crippen LogP contribution in [0.4, 0.5) is 0 Å². The third-order valence-corrected chi connectivity index (χ3v) is 4.33. The fourth-order valence-corrected chi connectivity index (χ4v) is 2.94. The van der Waals surface area contributed by atoms with Crippen LogP contribution >= 0.6 is 11.6 Å². The molecule has 0 bridgehead atoms. The highest BCUT2D eigenvalue weighted by Crippen LogP contribution is 2.25. The first-order valence-electron chi connectivity index (χ1n) is 6.76. The van der Waals surface area contributed by atoms with Crippen molar-refractivity contribution in [3.63, 3.8) is 0 Å². The van der Waals surface area contributed by atoms with Gasteiger partial charge in [0.2, 0.25) is 5.91 Å². The predicted molar refractivity (Wildman–Crippen MR) is 76.7 cm³/mol. The number of carboxylic acids is 1. The maximum atomic E-state index is 12.2. The summed E-state index contributed by atoms with van der Waals surface area (Å²) in [7, 11) is 0. The minimum atomic E-state index is -0.820. The van der Waals surface area contributed by atoms with Crippen LogP contribution in [0.5, 0.6) is 0 Å². The van der Waals surface area contributed by atoms with Gasteiger partial charge in [0.25, 0.3) is 0 Å². The number of carbonyl (C=O) groups excluding carboxylic acids is 1. The van der Waals surface area contributed by atoms with Crippen LogP contribution in [-0.2, 0) is 16.0 Å². The SMILES string of the molecule is CC1C(C(=O)O)CCN1C(=O)CCc1ccccc1Cl. The van der Waals surface area contributed by atoms with Crippen LogP contribution in [0.1, 0.15) is 25.3 Å². The van der Waals surface area contributed by atoms with E-state index in [1.165, 1.54) is 0 Å². The summed E-state index contributed by atoms with van der Waals surface area (Å²) in [6.07, 6.45) is 1.48. The molecule has 2 atom stereocenters. The van der Waals surface area contributed by atoms with Crippen molar-refractivity contribution in [2.45, 2.75) is 32.2 Å². The number of carbonyl (C=O) groups is 2. The van der Waals surface area contributed by atoms with E-state index >= 15 is 0 Å². The molecule has 1 aliphatic rings. The number of hydrogen-bond donors (Lipinski definition) is 1. The smallest absolute Gasteiger partial charge is 0.308 e. The zero-order chi connectivity index (χ0) is 14.7. The molecule has 0 aliphatic carbocycles. The number of amides is 1. The molecule has 2 unspecified atom stereocenters. The molecule has 0 spiro atoms. The summed E-state index contributed by atoms with van der Waals surface area (Å²) in [5.41, 5.74) is 0.948. The Balaban J connectivity index is 1.93. The van der Waals surface area contributed by atoms with Crippen LogP contribution in [0.2, 0.25) is 5.02 Å². The fraction of sp³-hybridized carbons (Fsp3) is 0.467. The van der Waals surface area contributed by atoms with E-state index < -0.39 is 11.9 Å². The second kappa shape index (κ2) is 6.27. The van der Waals surface area contributed by atoms with Crippen molar-refractivity contribution >= 4 is 23.5 Å². The normalized spacial score (nSPS) is 22.0. The van der Waals surface area contributed by atoms with Gasteiger partial charge in [-0.3, -0.25) is 9.59 Å². The number of halogens is 1. The predicted octanol–water partition coefficient (Wildman–Crippen LogP) is 2.59. The van der Waals surface area contributed by atoms with Crippen LogP contribution in [0.3, 0.4) is 0 Å². The lowest BCUT2D eigenvalue weighted by molar-refractivity contribution is -0.143. The van der Waals surface area contributed by atoms with Crippen LogP contribution in [0.15, 0.2) is 24.3 Å². The first-order valence-corrected chi connectivity index (χ1v) is 7.14. The number of carboxylic acid groups (broad SMARTS) is 1. The van der Waals surface area contributed by atoms with Gasteiger partial charge in [-0.15, -0.1) is 0 Å². The molecule has 1 N–H and O–H groups in total. The third-order valence-electron chi connectivity index (χ3n) is 3.96.